The molecule has 0 bridgehead atoms. The third-order valence-corrected chi connectivity index (χ3v) is 3.16. The molecule has 0 aliphatic heterocycles. The second kappa shape index (κ2) is 6.17. The molecular weight excluding hydrogens is 270 g/mol. The minimum atomic E-state index is -0.362. The Balaban J connectivity index is 2.00. The van der Waals surface area contributed by atoms with Crippen LogP contribution in [-0.2, 0) is 18.4 Å². The van der Waals surface area contributed by atoms with Crippen LogP contribution in [-0.4, -0.2) is 26.5 Å². The number of carbonyl (C=O) groups is 1. The average Bonchev–Trinajstić information content (AvgIpc) is 2.68. The molecule has 110 valence electrons. The Hall–Kier alpha value is -2.70. The highest BCUT2D eigenvalue weighted by molar-refractivity contribution is 5.84. The van der Waals surface area contributed by atoms with Gasteiger partial charge in [-0.3, -0.25) is 14.3 Å². The lowest BCUT2D eigenvalue weighted by molar-refractivity contribution is -0.121. The standard InChI is InChI=1S/C14H17N5O2/c1-10-12(11(2)18(3)17-10)8-15-16-13(20)9-19-7-5-4-6-14(19)21/h4-8H,9H2,1-3H3,(H,16,20)/b15-8-. The number of carbonyl (C=O) groups excluding carboxylic acids is 1. The van der Waals surface area contributed by atoms with Crippen LogP contribution >= 0.6 is 0 Å². The van der Waals surface area contributed by atoms with Gasteiger partial charge in [0, 0.05) is 30.6 Å². The summed E-state index contributed by atoms with van der Waals surface area (Å²) in [4.78, 5) is 23.2. The van der Waals surface area contributed by atoms with Gasteiger partial charge >= 0.3 is 0 Å². The summed E-state index contributed by atoms with van der Waals surface area (Å²) < 4.78 is 3.06. The molecule has 0 fully saturated rings. The highest BCUT2D eigenvalue weighted by Crippen LogP contribution is 2.08. The quantitative estimate of drug-likeness (QED) is 0.650. The van der Waals surface area contributed by atoms with Gasteiger partial charge in [-0.15, -0.1) is 0 Å². The molecule has 2 aromatic heterocycles. The second-order valence-corrected chi connectivity index (χ2v) is 4.67. The van der Waals surface area contributed by atoms with Crippen molar-refractivity contribution in [2.24, 2.45) is 12.1 Å². The van der Waals surface area contributed by atoms with Crippen LogP contribution < -0.4 is 11.0 Å². The minimum absolute atomic E-state index is 0.0674. The first kappa shape index (κ1) is 14.7. The van der Waals surface area contributed by atoms with Crippen LogP contribution in [0.15, 0.2) is 34.3 Å². The second-order valence-electron chi connectivity index (χ2n) is 4.67. The molecule has 1 amide bonds. The number of nitrogens with one attached hydrogen (secondary N) is 1. The third kappa shape index (κ3) is 3.44. The van der Waals surface area contributed by atoms with E-state index in [0.717, 1.165) is 17.0 Å². The summed E-state index contributed by atoms with van der Waals surface area (Å²) in [6.45, 7) is 3.73. The van der Waals surface area contributed by atoms with Crippen molar-refractivity contribution in [1.82, 2.24) is 19.8 Å². The maximum atomic E-state index is 11.7. The lowest BCUT2D eigenvalue weighted by Gasteiger charge is -2.03. The van der Waals surface area contributed by atoms with E-state index in [0.29, 0.717) is 0 Å². The maximum absolute atomic E-state index is 11.7. The van der Waals surface area contributed by atoms with Crippen LogP contribution in [0.2, 0.25) is 0 Å². The topological polar surface area (TPSA) is 81.3 Å². The van der Waals surface area contributed by atoms with Crippen molar-refractivity contribution < 1.29 is 4.79 Å². The molecule has 0 atom stereocenters. The molecule has 0 aliphatic carbocycles. The van der Waals surface area contributed by atoms with E-state index in [9.17, 15) is 9.59 Å². The molecular formula is C14H17N5O2. The van der Waals surface area contributed by atoms with E-state index in [1.165, 1.54) is 10.6 Å². The summed E-state index contributed by atoms with van der Waals surface area (Å²) in [5.74, 6) is -0.362. The molecule has 21 heavy (non-hydrogen) atoms. The van der Waals surface area contributed by atoms with Gasteiger partial charge in [0.05, 0.1) is 11.9 Å². The molecule has 0 saturated carbocycles. The summed E-state index contributed by atoms with van der Waals surface area (Å²) in [5, 5.41) is 8.16. The number of hydrogen-bond donors (Lipinski definition) is 1. The van der Waals surface area contributed by atoms with E-state index in [4.69, 9.17) is 0 Å². The predicted octanol–water partition coefficient (Wildman–Crippen LogP) is 0.349. The molecule has 7 heteroatoms. The number of nitrogens with zero attached hydrogens (tertiary/aromatic N) is 4. The fourth-order valence-corrected chi connectivity index (χ4v) is 1.93. The summed E-state index contributed by atoms with van der Waals surface area (Å²) in [6.07, 6.45) is 3.12. The Morgan fingerprint density at radius 3 is 2.81 bits per heavy atom. The van der Waals surface area contributed by atoms with Crippen molar-refractivity contribution in [3.63, 3.8) is 0 Å². The van der Waals surface area contributed by atoms with Crippen molar-refractivity contribution in [3.8, 4) is 0 Å². The molecule has 2 heterocycles. The zero-order valence-electron chi connectivity index (χ0n) is 12.2. The van der Waals surface area contributed by atoms with E-state index in [1.54, 1.807) is 29.2 Å². The molecule has 1 N–H and O–H groups in total. The van der Waals surface area contributed by atoms with Crippen LogP contribution in [0.1, 0.15) is 17.0 Å². The van der Waals surface area contributed by atoms with Crippen LogP contribution in [0.5, 0.6) is 0 Å². The van der Waals surface area contributed by atoms with Gasteiger partial charge in [-0.1, -0.05) is 6.07 Å². The fraction of sp³-hybridized carbons (Fsp3) is 0.286. The van der Waals surface area contributed by atoms with E-state index >= 15 is 0 Å². The molecule has 0 saturated heterocycles. The molecule has 0 aromatic carbocycles. The lowest BCUT2D eigenvalue weighted by atomic mass is 10.2. The first-order valence-corrected chi connectivity index (χ1v) is 6.46. The van der Waals surface area contributed by atoms with Crippen LogP contribution in [0.25, 0.3) is 0 Å². The molecule has 7 nitrogen and oxygen atoms in total. The monoisotopic (exact) mass is 287 g/mol. The summed E-state index contributed by atoms with van der Waals surface area (Å²) in [5.41, 5.74) is 4.85. The lowest BCUT2D eigenvalue weighted by Crippen LogP contribution is -2.29. The zero-order valence-corrected chi connectivity index (χ0v) is 12.2. The third-order valence-electron chi connectivity index (χ3n) is 3.16. The Labute approximate surface area is 121 Å². The number of aryl methyl sites for hydroxylation is 2. The molecule has 2 rings (SSSR count). The van der Waals surface area contributed by atoms with Gasteiger partial charge in [0.15, 0.2) is 0 Å². The van der Waals surface area contributed by atoms with Crippen molar-refractivity contribution >= 4 is 12.1 Å². The van der Waals surface area contributed by atoms with Gasteiger partial charge in [0.1, 0.15) is 6.54 Å². The Morgan fingerprint density at radius 2 is 2.19 bits per heavy atom. The number of pyridine rings is 1. The predicted molar refractivity (Wildman–Crippen MR) is 79.1 cm³/mol. The number of aromatic nitrogens is 3. The van der Waals surface area contributed by atoms with Crippen LogP contribution in [0, 0.1) is 13.8 Å². The highest BCUT2D eigenvalue weighted by atomic mass is 16.2. The minimum Gasteiger partial charge on any atom is -0.306 e. The smallest absolute Gasteiger partial charge is 0.260 e. The first-order valence-electron chi connectivity index (χ1n) is 6.46. The maximum Gasteiger partial charge on any atom is 0.260 e. The largest absolute Gasteiger partial charge is 0.306 e. The first-order chi connectivity index (χ1) is 9.99. The van der Waals surface area contributed by atoms with Gasteiger partial charge in [-0.25, -0.2) is 5.43 Å². The Kier molecular flexibility index (Phi) is 4.32. The van der Waals surface area contributed by atoms with Crippen molar-refractivity contribution in [2.45, 2.75) is 20.4 Å². The van der Waals surface area contributed by atoms with Gasteiger partial charge < -0.3 is 4.57 Å². The Bertz CT molecular complexity index is 742. The summed E-state index contributed by atoms with van der Waals surface area (Å²) in [7, 11) is 1.85. The molecule has 0 unspecified atom stereocenters. The molecule has 2 aromatic rings. The van der Waals surface area contributed by atoms with Gasteiger partial charge in [0.2, 0.25) is 0 Å². The van der Waals surface area contributed by atoms with Crippen molar-refractivity contribution in [2.75, 3.05) is 0 Å². The number of amides is 1. The van der Waals surface area contributed by atoms with Crippen molar-refractivity contribution in [3.05, 3.63) is 51.7 Å². The average molecular weight is 287 g/mol. The molecule has 0 radical (unpaired) electrons. The normalized spacial score (nSPS) is 11.0. The van der Waals surface area contributed by atoms with E-state index < -0.39 is 0 Å². The van der Waals surface area contributed by atoms with E-state index in [2.05, 4.69) is 15.6 Å². The number of hydrogen-bond acceptors (Lipinski definition) is 4. The summed E-state index contributed by atoms with van der Waals surface area (Å²) in [6, 6.07) is 4.72. The Morgan fingerprint density at radius 1 is 1.43 bits per heavy atom. The van der Waals surface area contributed by atoms with Crippen LogP contribution in [0.4, 0.5) is 0 Å². The number of hydrazone groups is 1. The fourth-order valence-electron chi connectivity index (χ4n) is 1.93. The number of rotatable bonds is 4. The highest BCUT2D eigenvalue weighted by Gasteiger charge is 2.07. The van der Waals surface area contributed by atoms with Gasteiger partial charge in [-0.05, 0) is 19.9 Å². The van der Waals surface area contributed by atoms with Crippen molar-refractivity contribution in [1.29, 1.82) is 0 Å². The van der Waals surface area contributed by atoms with Gasteiger partial charge in [0.25, 0.3) is 11.5 Å². The van der Waals surface area contributed by atoms with Gasteiger partial charge in [-0.2, -0.15) is 10.2 Å². The van der Waals surface area contributed by atoms with Crippen LogP contribution in [0.3, 0.4) is 0 Å². The van der Waals surface area contributed by atoms with E-state index in [-0.39, 0.29) is 18.0 Å². The molecule has 0 spiro atoms. The molecule has 0 aliphatic rings. The van der Waals surface area contributed by atoms with E-state index in [1.807, 2.05) is 20.9 Å². The zero-order chi connectivity index (χ0) is 15.4. The summed E-state index contributed by atoms with van der Waals surface area (Å²) >= 11 is 0. The SMILES string of the molecule is Cc1nn(C)c(C)c1/C=N\NC(=O)Cn1ccccc1=O.